The van der Waals surface area contributed by atoms with Crippen molar-refractivity contribution in [2.75, 3.05) is 13.7 Å². The second-order valence-corrected chi connectivity index (χ2v) is 4.30. The van der Waals surface area contributed by atoms with E-state index in [1.165, 1.54) is 0 Å². The van der Waals surface area contributed by atoms with Gasteiger partial charge in [-0.05, 0) is 24.7 Å². The van der Waals surface area contributed by atoms with Crippen LogP contribution in [0.1, 0.15) is 12.7 Å². The van der Waals surface area contributed by atoms with E-state index in [2.05, 4.69) is 22.2 Å². The maximum Gasteiger partial charge on any atom is 0.128 e. The summed E-state index contributed by atoms with van der Waals surface area (Å²) in [6.07, 6.45) is 1.79. The van der Waals surface area contributed by atoms with Crippen molar-refractivity contribution in [1.29, 1.82) is 0 Å². The van der Waals surface area contributed by atoms with Gasteiger partial charge in [0.15, 0.2) is 0 Å². The van der Waals surface area contributed by atoms with Crippen molar-refractivity contribution < 1.29 is 4.74 Å². The second kappa shape index (κ2) is 5.89. The van der Waals surface area contributed by atoms with Crippen LogP contribution in [0.25, 0.3) is 11.3 Å². The van der Waals surface area contributed by atoms with Crippen molar-refractivity contribution in [3.63, 3.8) is 0 Å². The molecule has 2 rings (SSSR count). The summed E-state index contributed by atoms with van der Waals surface area (Å²) in [4.78, 5) is 7.57. The molecule has 96 valence electrons. The highest BCUT2D eigenvalue weighted by Crippen LogP contribution is 2.31. The van der Waals surface area contributed by atoms with Gasteiger partial charge in [-0.1, -0.05) is 18.5 Å². The molecule has 2 aromatic rings. The fourth-order valence-corrected chi connectivity index (χ4v) is 1.90. The Morgan fingerprint density at radius 3 is 3.00 bits per heavy atom. The molecule has 0 aliphatic heterocycles. The van der Waals surface area contributed by atoms with Gasteiger partial charge in [0.2, 0.25) is 0 Å². The lowest BCUT2D eigenvalue weighted by atomic mass is 10.1. The van der Waals surface area contributed by atoms with Crippen LogP contribution in [0.5, 0.6) is 5.75 Å². The summed E-state index contributed by atoms with van der Waals surface area (Å²) < 4.78 is 5.32. The summed E-state index contributed by atoms with van der Waals surface area (Å²) in [5, 5.41) is 3.89. The number of nitrogens with one attached hydrogen (secondary N) is 2. The van der Waals surface area contributed by atoms with Crippen LogP contribution >= 0.6 is 11.6 Å². The topological polar surface area (TPSA) is 49.9 Å². The lowest BCUT2D eigenvalue weighted by Crippen LogP contribution is -2.12. The van der Waals surface area contributed by atoms with Gasteiger partial charge in [0.25, 0.3) is 0 Å². The smallest absolute Gasteiger partial charge is 0.128 e. The van der Waals surface area contributed by atoms with Gasteiger partial charge in [-0.3, -0.25) is 0 Å². The third-order valence-corrected chi connectivity index (χ3v) is 2.86. The first-order valence-electron chi connectivity index (χ1n) is 5.83. The number of halogens is 1. The molecule has 0 fully saturated rings. The highest BCUT2D eigenvalue weighted by molar-refractivity contribution is 6.30. The number of H-pyrrole nitrogens is 1. The highest BCUT2D eigenvalue weighted by Gasteiger charge is 2.09. The monoisotopic (exact) mass is 265 g/mol. The quantitative estimate of drug-likeness (QED) is 0.874. The molecule has 0 spiro atoms. The van der Waals surface area contributed by atoms with Crippen LogP contribution in [0, 0.1) is 0 Å². The first kappa shape index (κ1) is 12.9. The molecule has 5 heteroatoms. The zero-order valence-electron chi connectivity index (χ0n) is 10.5. The molecule has 0 atom stereocenters. The molecule has 0 amide bonds. The summed E-state index contributed by atoms with van der Waals surface area (Å²) in [6.45, 7) is 3.69. The third kappa shape index (κ3) is 2.83. The maximum absolute atomic E-state index is 6.01. The Balaban J connectivity index is 2.30. The largest absolute Gasteiger partial charge is 0.496 e. The van der Waals surface area contributed by atoms with Gasteiger partial charge in [0.1, 0.15) is 11.6 Å². The number of aromatic amines is 1. The molecule has 1 aromatic heterocycles. The van der Waals surface area contributed by atoms with Crippen LogP contribution in [0.3, 0.4) is 0 Å². The molecule has 0 saturated heterocycles. The molecule has 0 saturated carbocycles. The molecule has 2 N–H and O–H groups in total. The lowest BCUT2D eigenvalue weighted by Gasteiger charge is -2.06. The zero-order valence-corrected chi connectivity index (χ0v) is 11.2. The molecule has 18 heavy (non-hydrogen) atoms. The Labute approximate surface area is 111 Å². The van der Waals surface area contributed by atoms with E-state index in [9.17, 15) is 0 Å². The number of aromatic nitrogens is 2. The van der Waals surface area contributed by atoms with Crippen molar-refractivity contribution in [2.45, 2.75) is 13.5 Å². The molecule has 1 heterocycles. The van der Waals surface area contributed by atoms with E-state index in [0.717, 1.165) is 35.9 Å². The van der Waals surface area contributed by atoms with E-state index >= 15 is 0 Å². The van der Waals surface area contributed by atoms with Crippen molar-refractivity contribution in [1.82, 2.24) is 15.3 Å². The van der Waals surface area contributed by atoms with Crippen molar-refractivity contribution in [3.05, 3.63) is 35.2 Å². The van der Waals surface area contributed by atoms with Gasteiger partial charge < -0.3 is 15.0 Å². The molecule has 0 radical (unpaired) electrons. The van der Waals surface area contributed by atoms with E-state index in [1.807, 2.05) is 12.1 Å². The summed E-state index contributed by atoms with van der Waals surface area (Å²) in [7, 11) is 1.64. The number of methoxy groups -OCH3 is 1. The first-order chi connectivity index (χ1) is 8.74. The number of hydrogen-bond donors (Lipinski definition) is 2. The number of nitrogens with zero attached hydrogens (tertiary/aromatic N) is 1. The second-order valence-electron chi connectivity index (χ2n) is 3.87. The van der Waals surface area contributed by atoms with Crippen molar-refractivity contribution in [2.24, 2.45) is 0 Å². The van der Waals surface area contributed by atoms with Gasteiger partial charge in [0, 0.05) is 10.6 Å². The Bertz CT molecular complexity index is 525. The van der Waals surface area contributed by atoms with Gasteiger partial charge in [-0.15, -0.1) is 0 Å². The average molecular weight is 266 g/mol. The number of ether oxygens (including phenoxy) is 1. The zero-order chi connectivity index (χ0) is 13.0. The molecule has 0 unspecified atom stereocenters. The lowest BCUT2D eigenvalue weighted by molar-refractivity contribution is 0.416. The minimum Gasteiger partial charge on any atom is -0.496 e. The third-order valence-electron chi connectivity index (χ3n) is 2.62. The number of hydrogen-bond acceptors (Lipinski definition) is 3. The predicted molar refractivity (Wildman–Crippen MR) is 73.0 cm³/mol. The van der Waals surface area contributed by atoms with E-state index in [4.69, 9.17) is 16.3 Å². The maximum atomic E-state index is 6.01. The highest BCUT2D eigenvalue weighted by atomic mass is 35.5. The molecule has 0 bridgehead atoms. The van der Waals surface area contributed by atoms with Gasteiger partial charge in [-0.2, -0.15) is 0 Å². The molecular weight excluding hydrogens is 250 g/mol. The summed E-state index contributed by atoms with van der Waals surface area (Å²) in [5.74, 6) is 1.67. The molecule has 1 aromatic carbocycles. The van der Waals surface area contributed by atoms with E-state index in [0.29, 0.717) is 5.02 Å². The molecular formula is C13H16ClN3O. The van der Waals surface area contributed by atoms with Crippen LogP contribution in [0.4, 0.5) is 0 Å². The summed E-state index contributed by atoms with van der Waals surface area (Å²) in [6, 6.07) is 5.52. The minimum atomic E-state index is 0.675. The Morgan fingerprint density at radius 2 is 2.28 bits per heavy atom. The van der Waals surface area contributed by atoms with Crippen LogP contribution in [-0.2, 0) is 6.54 Å². The fraction of sp³-hybridized carbons (Fsp3) is 0.308. The standard InChI is InChI=1S/C13H16ClN3O/c1-3-15-8-13-16-7-11(17-13)10-6-9(14)4-5-12(10)18-2/h4-7,15H,3,8H2,1-2H3,(H,16,17). The van der Waals surface area contributed by atoms with Crippen LogP contribution < -0.4 is 10.1 Å². The van der Waals surface area contributed by atoms with Gasteiger partial charge in [-0.25, -0.2) is 4.98 Å². The van der Waals surface area contributed by atoms with E-state index in [-0.39, 0.29) is 0 Å². The van der Waals surface area contributed by atoms with Crippen LogP contribution in [0.2, 0.25) is 5.02 Å². The summed E-state index contributed by atoms with van der Waals surface area (Å²) >= 11 is 6.01. The summed E-state index contributed by atoms with van der Waals surface area (Å²) in [5.41, 5.74) is 1.82. The Kier molecular flexibility index (Phi) is 4.23. The predicted octanol–water partition coefficient (Wildman–Crippen LogP) is 2.85. The van der Waals surface area contributed by atoms with Crippen LogP contribution in [-0.4, -0.2) is 23.6 Å². The fourth-order valence-electron chi connectivity index (χ4n) is 1.72. The number of benzene rings is 1. The van der Waals surface area contributed by atoms with E-state index in [1.54, 1.807) is 19.4 Å². The molecule has 0 aliphatic rings. The Morgan fingerprint density at radius 1 is 1.44 bits per heavy atom. The normalized spacial score (nSPS) is 10.6. The number of rotatable bonds is 5. The van der Waals surface area contributed by atoms with Crippen molar-refractivity contribution in [3.8, 4) is 17.0 Å². The minimum absolute atomic E-state index is 0.675. The number of imidazole rings is 1. The van der Waals surface area contributed by atoms with E-state index < -0.39 is 0 Å². The first-order valence-corrected chi connectivity index (χ1v) is 6.21. The SMILES string of the molecule is CCNCc1ncc(-c2cc(Cl)ccc2OC)[nH]1. The van der Waals surface area contributed by atoms with Gasteiger partial charge >= 0.3 is 0 Å². The van der Waals surface area contributed by atoms with Crippen LogP contribution in [0.15, 0.2) is 24.4 Å². The van der Waals surface area contributed by atoms with Crippen molar-refractivity contribution >= 4 is 11.6 Å². The van der Waals surface area contributed by atoms with Gasteiger partial charge in [0.05, 0.1) is 25.5 Å². The molecule has 0 aliphatic carbocycles. The Hall–Kier alpha value is -1.52. The average Bonchev–Trinajstić information content (AvgIpc) is 2.85. The molecule has 4 nitrogen and oxygen atoms in total.